The molecule has 0 aromatic heterocycles. The van der Waals surface area contributed by atoms with E-state index >= 15 is 0 Å². The van der Waals surface area contributed by atoms with Gasteiger partial charge in [0, 0.05) is 9.57 Å². The highest BCUT2D eigenvalue weighted by Crippen LogP contribution is 2.37. The van der Waals surface area contributed by atoms with Crippen LogP contribution < -0.4 is 5.73 Å². The Morgan fingerprint density at radius 2 is 1.88 bits per heavy atom. The quantitative estimate of drug-likeness (QED) is 0.592. The molecule has 120 valence electrons. The Bertz CT molecular complexity index is 809. The summed E-state index contributed by atoms with van der Waals surface area (Å²) in [6.45, 7) is 1.44. The molecule has 1 atom stereocenters. The van der Waals surface area contributed by atoms with E-state index in [1.165, 1.54) is 31.2 Å². The molecule has 0 bridgehead atoms. The molecule has 6 radical (unpaired) electrons. The van der Waals surface area contributed by atoms with Gasteiger partial charge in [0.1, 0.15) is 7.85 Å². The molecule has 0 spiro atoms. The van der Waals surface area contributed by atoms with E-state index in [0.29, 0.717) is 5.02 Å². The van der Waals surface area contributed by atoms with Crippen LogP contribution in [0.3, 0.4) is 0 Å². The van der Waals surface area contributed by atoms with Crippen LogP contribution in [-0.2, 0) is 29.3 Å². The lowest BCUT2D eigenvalue weighted by molar-refractivity contribution is -0.126. The maximum atomic E-state index is 12.5. The summed E-state index contributed by atoms with van der Waals surface area (Å²) >= 11 is 5.78. The molecule has 2 N–H and O–H groups in total. The fraction of sp³-hybridized carbons (Fsp3) is 0.308. The first-order valence-corrected chi connectivity index (χ1v) is 8.53. The maximum Gasteiger partial charge on any atom is 0.298 e. The number of ketones is 1. The van der Waals surface area contributed by atoms with Crippen LogP contribution in [0.2, 0.25) is 5.02 Å². The van der Waals surface area contributed by atoms with Crippen LogP contribution in [-0.4, -0.2) is 42.3 Å². The molecule has 1 aliphatic rings. The third-order valence-corrected chi connectivity index (χ3v) is 5.38. The summed E-state index contributed by atoms with van der Waals surface area (Å²) in [4.78, 5) is 12.5. The van der Waals surface area contributed by atoms with Crippen molar-refractivity contribution < 1.29 is 22.1 Å². The monoisotopic (exact) mass is 361 g/mol. The van der Waals surface area contributed by atoms with Gasteiger partial charge in [0.15, 0.2) is 5.50 Å². The van der Waals surface area contributed by atoms with E-state index < -0.39 is 37.6 Å². The Morgan fingerprint density at radius 1 is 1.33 bits per heavy atom. The van der Waals surface area contributed by atoms with Crippen LogP contribution in [0.1, 0.15) is 18.9 Å². The van der Waals surface area contributed by atoms with Gasteiger partial charge in [-0.3, -0.25) is 4.79 Å². The lowest BCUT2D eigenvalue weighted by Gasteiger charge is -2.25. The van der Waals surface area contributed by atoms with Crippen molar-refractivity contribution in [3.8, 4) is 0 Å². The summed E-state index contributed by atoms with van der Waals surface area (Å²) in [5, 5.41) is 0.409. The molecule has 1 aliphatic heterocycles. The highest BCUT2D eigenvalue weighted by Gasteiger charge is 2.49. The van der Waals surface area contributed by atoms with E-state index in [4.69, 9.17) is 49.8 Å². The first-order valence-electron chi connectivity index (χ1n) is 6.75. The Morgan fingerprint density at radius 3 is 2.38 bits per heavy atom. The van der Waals surface area contributed by atoms with Crippen molar-refractivity contribution in [2.24, 2.45) is 5.73 Å². The van der Waals surface area contributed by atoms with Gasteiger partial charge in [-0.2, -0.15) is 8.42 Å². The van der Waals surface area contributed by atoms with Crippen molar-refractivity contribution in [3.63, 3.8) is 0 Å². The smallest absolute Gasteiger partial charge is 0.298 e. The molecule has 1 heterocycles. The van der Waals surface area contributed by atoms with Crippen LogP contribution in [0.25, 0.3) is 0 Å². The SMILES string of the molecule is [B]C1(c2ccc(Cl)cc2)OC(N)=C(OS(=O)(=O)C([B])([B])CC)C1=O. The van der Waals surface area contributed by atoms with Crippen LogP contribution in [0.4, 0.5) is 0 Å². The molecular formula is C13H11B3ClNO5S. The molecular weight excluding hydrogens is 350 g/mol. The number of hydrogen-bond donors (Lipinski definition) is 1. The number of ether oxygens (including phenoxy) is 1. The Labute approximate surface area is 149 Å². The van der Waals surface area contributed by atoms with E-state index in [1.807, 2.05) is 0 Å². The van der Waals surface area contributed by atoms with Crippen LogP contribution in [0.5, 0.6) is 0 Å². The number of carbonyl (C=O) groups is 1. The van der Waals surface area contributed by atoms with Gasteiger partial charge in [-0.25, -0.2) is 0 Å². The number of nitrogens with two attached hydrogens (primary N) is 1. The average Bonchev–Trinajstić information content (AvgIpc) is 2.72. The highest BCUT2D eigenvalue weighted by atomic mass is 35.5. The number of benzene rings is 1. The standard InChI is InChI=1S/C13H11B3ClNO5S/c1-2-12(14,15)24(20,21)23-9-10(19)13(16,22-11(9)18)7-3-5-8(17)6-4-7/h3-6H,2,18H2,1H3. The number of rotatable bonds is 5. The fourth-order valence-corrected chi connectivity index (χ4v) is 2.89. The zero-order valence-corrected chi connectivity index (χ0v) is 14.2. The second-order valence-electron chi connectivity index (χ2n) is 5.21. The molecule has 0 saturated heterocycles. The van der Waals surface area contributed by atoms with Gasteiger partial charge in [0.2, 0.25) is 17.4 Å². The van der Waals surface area contributed by atoms with Crippen LogP contribution >= 0.6 is 11.6 Å². The summed E-state index contributed by atoms with van der Waals surface area (Å²) < 4.78 is 31.9. The van der Waals surface area contributed by atoms with Crippen molar-refractivity contribution in [2.45, 2.75) is 23.4 Å². The Balaban J connectivity index is 2.36. The predicted octanol–water partition coefficient (Wildman–Crippen LogP) is 0.136. The first-order chi connectivity index (χ1) is 10.9. The van der Waals surface area contributed by atoms with E-state index in [-0.39, 0.29) is 12.0 Å². The lowest BCUT2D eigenvalue weighted by Crippen LogP contribution is -2.42. The summed E-state index contributed by atoms with van der Waals surface area (Å²) in [5.41, 5.74) is 3.73. The first kappa shape index (κ1) is 18.8. The molecule has 11 heteroatoms. The molecule has 0 saturated carbocycles. The van der Waals surface area contributed by atoms with Gasteiger partial charge in [0.05, 0.1) is 15.7 Å². The van der Waals surface area contributed by atoms with Gasteiger partial charge < -0.3 is 14.7 Å². The molecule has 2 rings (SSSR count). The molecule has 0 fully saturated rings. The molecule has 1 aromatic rings. The molecule has 1 aromatic carbocycles. The normalized spacial score (nSPS) is 21.7. The van der Waals surface area contributed by atoms with Gasteiger partial charge in [-0.15, -0.1) is 0 Å². The number of Topliss-reactive ketones (excluding diaryl/α,β-unsaturated/α-hetero) is 1. The van der Waals surface area contributed by atoms with Crippen LogP contribution in [0.15, 0.2) is 35.9 Å². The van der Waals surface area contributed by atoms with Gasteiger partial charge in [-0.05, 0) is 24.1 Å². The lowest BCUT2D eigenvalue weighted by atomic mass is 9.68. The second-order valence-corrected chi connectivity index (χ2v) is 7.48. The molecule has 0 aliphatic carbocycles. The van der Waals surface area contributed by atoms with E-state index in [2.05, 4.69) is 0 Å². The topological polar surface area (TPSA) is 95.7 Å². The zero-order chi connectivity index (χ0) is 18.3. The maximum absolute atomic E-state index is 12.5. The minimum absolute atomic E-state index is 0.164. The van der Waals surface area contributed by atoms with Gasteiger partial charge in [0.25, 0.3) is 10.1 Å². The van der Waals surface area contributed by atoms with E-state index in [9.17, 15) is 13.2 Å². The van der Waals surface area contributed by atoms with Crippen molar-refractivity contribution in [1.82, 2.24) is 0 Å². The Hall–Kier alpha value is -1.54. The molecule has 1 unspecified atom stereocenters. The Kier molecular flexibility index (Phi) is 4.76. The summed E-state index contributed by atoms with van der Waals surface area (Å²) in [7, 11) is 12.3. The number of carbonyl (C=O) groups excluding carboxylic acids is 1. The van der Waals surface area contributed by atoms with Crippen molar-refractivity contribution >= 4 is 51.0 Å². The van der Waals surface area contributed by atoms with E-state index in [0.717, 1.165) is 0 Å². The van der Waals surface area contributed by atoms with Crippen molar-refractivity contribution in [2.75, 3.05) is 0 Å². The zero-order valence-electron chi connectivity index (χ0n) is 12.7. The molecule has 6 nitrogen and oxygen atoms in total. The van der Waals surface area contributed by atoms with Crippen LogP contribution in [0, 0.1) is 0 Å². The second kappa shape index (κ2) is 6.08. The summed E-state index contributed by atoms with van der Waals surface area (Å²) in [6, 6.07) is 5.84. The highest BCUT2D eigenvalue weighted by molar-refractivity contribution is 7.91. The van der Waals surface area contributed by atoms with Gasteiger partial charge >= 0.3 is 0 Å². The fourth-order valence-electron chi connectivity index (χ4n) is 1.88. The summed E-state index contributed by atoms with van der Waals surface area (Å²) in [6.07, 6.45) is -0.164. The minimum atomic E-state index is -4.56. The van der Waals surface area contributed by atoms with Gasteiger partial charge in [-0.1, -0.05) is 30.7 Å². The molecule has 24 heavy (non-hydrogen) atoms. The molecule has 0 amide bonds. The third-order valence-electron chi connectivity index (χ3n) is 3.52. The largest absolute Gasteiger partial charge is 0.467 e. The average molecular weight is 361 g/mol. The van der Waals surface area contributed by atoms with E-state index in [1.54, 1.807) is 0 Å². The number of halogens is 1. The minimum Gasteiger partial charge on any atom is -0.467 e. The van der Waals surface area contributed by atoms with Crippen molar-refractivity contribution in [3.05, 3.63) is 46.5 Å². The third kappa shape index (κ3) is 3.04. The summed E-state index contributed by atoms with van der Waals surface area (Å²) in [5.74, 6) is -2.35. The number of hydrogen-bond acceptors (Lipinski definition) is 6. The van der Waals surface area contributed by atoms with Crippen molar-refractivity contribution in [1.29, 1.82) is 0 Å². The predicted molar refractivity (Wildman–Crippen MR) is 90.7 cm³/mol.